The molecule has 0 spiro atoms. The zero-order valence-electron chi connectivity index (χ0n) is 15.1. The number of carbonyl (C=O) groups excluding carboxylic acids is 3. The summed E-state index contributed by atoms with van der Waals surface area (Å²) in [6, 6.07) is 7.65. The Bertz CT molecular complexity index is 642. The summed E-state index contributed by atoms with van der Waals surface area (Å²) in [7, 11) is 0. The van der Waals surface area contributed by atoms with Gasteiger partial charge in [-0.15, -0.1) is 0 Å². The van der Waals surface area contributed by atoms with Crippen molar-refractivity contribution in [2.24, 2.45) is 0 Å². The molecule has 25 heavy (non-hydrogen) atoms. The van der Waals surface area contributed by atoms with Gasteiger partial charge >= 0.3 is 5.97 Å². The van der Waals surface area contributed by atoms with E-state index >= 15 is 0 Å². The van der Waals surface area contributed by atoms with Gasteiger partial charge < -0.3 is 15.0 Å². The van der Waals surface area contributed by atoms with Gasteiger partial charge in [-0.1, -0.05) is 24.3 Å². The number of nitrogens with zero attached hydrogens (tertiary/aromatic N) is 1. The smallest absolute Gasteiger partial charge is 0.307 e. The fraction of sp³-hybridized carbons (Fsp3) is 0.526. The number of ether oxygens (including phenoxy) is 1. The molecule has 1 N–H and O–H groups in total. The van der Waals surface area contributed by atoms with E-state index in [9.17, 15) is 14.4 Å². The highest BCUT2D eigenvalue weighted by atomic mass is 16.5. The number of amides is 2. The van der Waals surface area contributed by atoms with Gasteiger partial charge in [0, 0.05) is 20.0 Å². The Morgan fingerprint density at radius 3 is 2.68 bits per heavy atom. The largest absolute Gasteiger partial charge is 0.463 e. The molecule has 6 nitrogen and oxygen atoms in total. The molecule has 0 fully saturated rings. The van der Waals surface area contributed by atoms with Gasteiger partial charge in [-0.25, -0.2) is 0 Å². The predicted octanol–water partition coefficient (Wildman–Crippen LogP) is 1.98. The molecule has 2 amide bonds. The number of nitrogens with one attached hydrogen (secondary N) is 1. The molecule has 136 valence electrons. The number of hydrogen-bond acceptors (Lipinski definition) is 4. The molecule has 0 saturated carbocycles. The Hall–Kier alpha value is -2.37. The standard InChI is InChI=1S/C19H26N2O4/c1-13(2)25-19(24)8-10-20-18(23)12-17-16-7-5-4-6-15(16)9-11-21(17)14(3)22/h4-7,13,17H,8-12H2,1-3H3,(H,20,23). The first kappa shape index (κ1) is 19.0. The Morgan fingerprint density at radius 1 is 1.28 bits per heavy atom. The van der Waals surface area contributed by atoms with E-state index in [1.54, 1.807) is 18.7 Å². The highest BCUT2D eigenvalue weighted by molar-refractivity contribution is 5.80. The lowest BCUT2D eigenvalue weighted by atomic mass is 9.90. The van der Waals surface area contributed by atoms with Crippen LogP contribution in [0.4, 0.5) is 0 Å². The lowest BCUT2D eigenvalue weighted by molar-refractivity contribution is -0.147. The number of fused-ring (bicyclic) bond motifs is 1. The third kappa shape index (κ3) is 5.31. The van der Waals surface area contributed by atoms with Crippen molar-refractivity contribution in [3.8, 4) is 0 Å². The van der Waals surface area contributed by atoms with E-state index in [4.69, 9.17) is 4.74 Å². The van der Waals surface area contributed by atoms with E-state index in [0.717, 1.165) is 12.0 Å². The number of carbonyl (C=O) groups is 3. The second kappa shape index (κ2) is 8.65. The molecular weight excluding hydrogens is 320 g/mol. The molecule has 2 rings (SSSR count). The average Bonchev–Trinajstić information content (AvgIpc) is 2.54. The molecule has 0 radical (unpaired) electrons. The zero-order valence-corrected chi connectivity index (χ0v) is 15.1. The minimum absolute atomic E-state index is 0.0344. The molecule has 1 aromatic rings. The van der Waals surface area contributed by atoms with Crippen LogP contribution in [0.15, 0.2) is 24.3 Å². The van der Waals surface area contributed by atoms with Crippen LogP contribution in [-0.2, 0) is 25.5 Å². The Labute approximate surface area is 148 Å². The van der Waals surface area contributed by atoms with Gasteiger partial charge in [0.15, 0.2) is 0 Å². The zero-order chi connectivity index (χ0) is 18.4. The SMILES string of the molecule is CC(=O)N1CCc2ccccc2C1CC(=O)NCCC(=O)OC(C)C. The van der Waals surface area contributed by atoms with Crippen LogP contribution in [-0.4, -0.2) is 41.9 Å². The van der Waals surface area contributed by atoms with Crippen molar-refractivity contribution < 1.29 is 19.1 Å². The Balaban J connectivity index is 1.95. The maximum absolute atomic E-state index is 12.3. The third-order valence-corrected chi connectivity index (χ3v) is 4.21. The van der Waals surface area contributed by atoms with Gasteiger partial charge in [-0.2, -0.15) is 0 Å². The van der Waals surface area contributed by atoms with Crippen LogP contribution in [0.3, 0.4) is 0 Å². The second-order valence-corrected chi connectivity index (χ2v) is 6.52. The van der Waals surface area contributed by atoms with Crippen molar-refractivity contribution in [1.82, 2.24) is 10.2 Å². The monoisotopic (exact) mass is 346 g/mol. The summed E-state index contributed by atoms with van der Waals surface area (Å²) in [4.78, 5) is 37.5. The topological polar surface area (TPSA) is 75.7 Å². The van der Waals surface area contributed by atoms with E-state index in [-0.39, 0.29) is 49.3 Å². The van der Waals surface area contributed by atoms with Crippen LogP contribution >= 0.6 is 0 Å². The predicted molar refractivity (Wildman–Crippen MR) is 93.7 cm³/mol. The van der Waals surface area contributed by atoms with E-state index in [1.807, 2.05) is 24.3 Å². The first-order valence-corrected chi connectivity index (χ1v) is 8.69. The summed E-state index contributed by atoms with van der Waals surface area (Å²) in [6.45, 7) is 5.95. The lowest BCUT2D eigenvalue weighted by Gasteiger charge is -2.36. The van der Waals surface area contributed by atoms with Gasteiger partial charge in [0.1, 0.15) is 0 Å². The van der Waals surface area contributed by atoms with Crippen LogP contribution in [0.25, 0.3) is 0 Å². The van der Waals surface area contributed by atoms with Gasteiger partial charge in [-0.3, -0.25) is 14.4 Å². The van der Waals surface area contributed by atoms with Gasteiger partial charge in [0.2, 0.25) is 11.8 Å². The van der Waals surface area contributed by atoms with Crippen molar-refractivity contribution in [2.45, 2.75) is 52.2 Å². The molecule has 1 aliphatic heterocycles. The van der Waals surface area contributed by atoms with Gasteiger partial charge in [0.05, 0.1) is 25.0 Å². The van der Waals surface area contributed by atoms with Gasteiger partial charge in [-0.05, 0) is 31.4 Å². The molecule has 0 aliphatic carbocycles. The normalized spacial score (nSPS) is 16.3. The van der Waals surface area contributed by atoms with E-state index in [2.05, 4.69) is 5.32 Å². The highest BCUT2D eigenvalue weighted by Crippen LogP contribution is 2.32. The fourth-order valence-electron chi connectivity index (χ4n) is 3.12. The van der Waals surface area contributed by atoms with Crippen molar-refractivity contribution in [3.63, 3.8) is 0 Å². The molecule has 0 saturated heterocycles. The van der Waals surface area contributed by atoms with E-state index in [1.165, 1.54) is 12.5 Å². The maximum Gasteiger partial charge on any atom is 0.307 e. The van der Waals surface area contributed by atoms with Crippen molar-refractivity contribution in [1.29, 1.82) is 0 Å². The van der Waals surface area contributed by atoms with E-state index in [0.29, 0.717) is 6.54 Å². The van der Waals surface area contributed by atoms with Crippen molar-refractivity contribution in [3.05, 3.63) is 35.4 Å². The summed E-state index contributed by atoms with van der Waals surface area (Å²) >= 11 is 0. The van der Waals surface area contributed by atoms with E-state index < -0.39 is 0 Å². The summed E-state index contributed by atoms with van der Waals surface area (Å²) in [5.41, 5.74) is 2.21. The quantitative estimate of drug-likeness (QED) is 0.799. The molecule has 0 aromatic heterocycles. The Morgan fingerprint density at radius 2 is 2.00 bits per heavy atom. The number of benzene rings is 1. The fourth-order valence-corrected chi connectivity index (χ4v) is 3.12. The van der Waals surface area contributed by atoms with Crippen LogP contribution in [0.2, 0.25) is 0 Å². The first-order chi connectivity index (χ1) is 11.9. The lowest BCUT2D eigenvalue weighted by Crippen LogP contribution is -2.41. The minimum Gasteiger partial charge on any atom is -0.463 e. The number of hydrogen-bond donors (Lipinski definition) is 1. The average molecular weight is 346 g/mol. The highest BCUT2D eigenvalue weighted by Gasteiger charge is 2.30. The minimum atomic E-state index is -0.330. The number of rotatable bonds is 6. The molecule has 1 heterocycles. The summed E-state index contributed by atoms with van der Waals surface area (Å²) < 4.78 is 5.03. The van der Waals surface area contributed by atoms with Crippen LogP contribution in [0.1, 0.15) is 50.8 Å². The molecule has 1 aromatic carbocycles. The molecule has 6 heteroatoms. The molecule has 1 aliphatic rings. The maximum atomic E-state index is 12.3. The third-order valence-electron chi connectivity index (χ3n) is 4.21. The second-order valence-electron chi connectivity index (χ2n) is 6.52. The summed E-state index contributed by atoms with van der Waals surface area (Å²) in [6.07, 6.45) is 0.970. The molecule has 0 bridgehead atoms. The van der Waals surface area contributed by atoms with Crippen molar-refractivity contribution >= 4 is 17.8 Å². The number of esters is 1. The van der Waals surface area contributed by atoms with Crippen LogP contribution in [0, 0.1) is 0 Å². The summed E-state index contributed by atoms with van der Waals surface area (Å²) in [5.74, 6) is -0.540. The van der Waals surface area contributed by atoms with Crippen LogP contribution in [0.5, 0.6) is 0 Å². The van der Waals surface area contributed by atoms with Gasteiger partial charge in [0.25, 0.3) is 0 Å². The summed E-state index contributed by atoms with van der Waals surface area (Å²) in [5, 5.41) is 2.75. The Kier molecular flexibility index (Phi) is 6.56. The molecule has 1 unspecified atom stereocenters. The first-order valence-electron chi connectivity index (χ1n) is 8.69. The van der Waals surface area contributed by atoms with Crippen LogP contribution < -0.4 is 5.32 Å². The molecular formula is C19H26N2O4. The van der Waals surface area contributed by atoms with Crippen molar-refractivity contribution in [2.75, 3.05) is 13.1 Å². The molecule has 1 atom stereocenters.